The van der Waals surface area contributed by atoms with Gasteiger partial charge in [0.1, 0.15) is 6.67 Å². The second-order valence-electron chi connectivity index (χ2n) is 5.65. The normalized spacial score (nSPS) is 11.0. The van der Waals surface area contributed by atoms with E-state index in [2.05, 4.69) is 10.2 Å². The highest BCUT2D eigenvalue weighted by Gasteiger charge is 2.05. The van der Waals surface area contributed by atoms with E-state index >= 15 is 0 Å². The Bertz CT molecular complexity index is 812. The number of rotatable bonds is 8. The van der Waals surface area contributed by atoms with Crippen LogP contribution < -0.4 is 0 Å². The first-order valence-electron chi connectivity index (χ1n) is 7.84. The second kappa shape index (κ2) is 9.04. The van der Waals surface area contributed by atoms with Crippen LogP contribution in [0.5, 0.6) is 0 Å². The van der Waals surface area contributed by atoms with Crippen LogP contribution in [0.1, 0.15) is 11.1 Å². The lowest BCUT2D eigenvalue weighted by molar-refractivity contribution is -0.385. The average molecular weight is 370 g/mol. The molecular weight excluding hydrogens is 352 g/mol. The smallest absolute Gasteiger partial charge is 0.270 e. The third kappa shape index (κ3) is 6.20. The number of nitro benzene ring substituents is 2. The molecule has 0 saturated heterocycles. The summed E-state index contributed by atoms with van der Waals surface area (Å²) in [6, 6.07) is 12.3. The number of hydrazone groups is 2. The topological polar surface area (TPSA) is 117 Å². The maximum absolute atomic E-state index is 10.8. The van der Waals surface area contributed by atoms with Crippen LogP contribution in [0.15, 0.2) is 58.7 Å². The Labute approximate surface area is 155 Å². The number of benzene rings is 2. The van der Waals surface area contributed by atoms with Crippen molar-refractivity contribution in [3.8, 4) is 0 Å². The number of hydrogen-bond donors (Lipinski definition) is 0. The van der Waals surface area contributed by atoms with Gasteiger partial charge in [-0.15, -0.1) is 0 Å². The summed E-state index contributed by atoms with van der Waals surface area (Å²) in [4.78, 5) is 20.6. The van der Waals surface area contributed by atoms with Gasteiger partial charge in [0.2, 0.25) is 0 Å². The van der Waals surface area contributed by atoms with Gasteiger partial charge < -0.3 is 0 Å². The van der Waals surface area contributed by atoms with Gasteiger partial charge in [-0.2, -0.15) is 10.2 Å². The van der Waals surface area contributed by atoms with Crippen molar-refractivity contribution in [2.24, 2.45) is 10.2 Å². The average Bonchev–Trinajstić information content (AvgIpc) is 2.65. The zero-order chi connectivity index (χ0) is 19.8. The van der Waals surface area contributed by atoms with Crippen molar-refractivity contribution in [1.82, 2.24) is 10.0 Å². The maximum atomic E-state index is 10.8. The molecule has 140 valence electrons. The zero-order valence-electron chi connectivity index (χ0n) is 14.8. The first-order chi connectivity index (χ1) is 12.8. The van der Waals surface area contributed by atoms with E-state index in [0.29, 0.717) is 17.8 Å². The highest BCUT2D eigenvalue weighted by molar-refractivity contribution is 5.81. The molecule has 0 aromatic heterocycles. The van der Waals surface area contributed by atoms with Crippen LogP contribution in [0.3, 0.4) is 0 Å². The standard InChI is InChI=1S/C17H18N6O4/c1-20(18-11-14-5-3-7-16(9-14)22(24)25)13-21(2)19-12-15-6-4-8-17(10-15)23(26)27/h3-12H,13H2,1-2H3/b18-11-,19-12+. The molecule has 0 spiro atoms. The van der Waals surface area contributed by atoms with Crippen LogP contribution in [0, 0.1) is 20.2 Å². The minimum absolute atomic E-state index is 0.000255. The van der Waals surface area contributed by atoms with Crippen molar-refractivity contribution in [2.75, 3.05) is 20.8 Å². The van der Waals surface area contributed by atoms with Crippen LogP contribution >= 0.6 is 0 Å². The van der Waals surface area contributed by atoms with E-state index in [1.54, 1.807) is 48.4 Å². The van der Waals surface area contributed by atoms with Gasteiger partial charge in [0.05, 0.1) is 22.3 Å². The molecule has 0 aliphatic carbocycles. The van der Waals surface area contributed by atoms with E-state index in [4.69, 9.17) is 0 Å². The Balaban J connectivity index is 1.94. The molecule has 10 nitrogen and oxygen atoms in total. The van der Waals surface area contributed by atoms with Crippen LogP contribution in [0.4, 0.5) is 11.4 Å². The Morgan fingerprint density at radius 2 is 1.26 bits per heavy atom. The maximum Gasteiger partial charge on any atom is 0.270 e. The molecule has 0 bridgehead atoms. The first kappa shape index (κ1) is 19.5. The van der Waals surface area contributed by atoms with Crippen molar-refractivity contribution >= 4 is 23.8 Å². The molecule has 0 aliphatic heterocycles. The van der Waals surface area contributed by atoms with Gasteiger partial charge in [-0.25, -0.2) is 0 Å². The second-order valence-corrected chi connectivity index (χ2v) is 5.65. The van der Waals surface area contributed by atoms with Gasteiger partial charge in [0.25, 0.3) is 11.4 Å². The number of non-ortho nitro benzene ring substituents is 2. The summed E-state index contributed by atoms with van der Waals surface area (Å²) < 4.78 is 0. The Morgan fingerprint density at radius 3 is 1.63 bits per heavy atom. The van der Waals surface area contributed by atoms with Crippen molar-refractivity contribution in [1.29, 1.82) is 0 Å². The lowest BCUT2D eigenvalue weighted by Gasteiger charge is -2.19. The monoisotopic (exact) mass is 370 g/mol. The molecule has 0 aliphatic rings. The first-order valence-corrected chi connectivity index (χ1v) is 7.84. The molecular formula is C17H18N6O4. The van der Waals surface area contributed by atoms with E-state index in [1.165, 1.54) is 36.7 Å². The molecule has 2 aromatic carbocycles. The van der Waals surface area contributed by atoms with Gasteiger partial charge in [0.15, 0.2) is 0 Å². The highest BCUT2D eigenvalue weighted by atomic mass is 16.6. The molecule has 0 fully saturated rings. The van der Waals surface area contributed by atoms with E-state index in [9.17, 15) is 20.2 Å². The van der Waals surface area contributed by atoms with Gasteiger partial charge >= 0.3 is 0 Å². The predicted octanol–water partition coefficient (Wildman–Crippen LogP) is 2.69. The van der Waals surface area contributed by atoms with E-state index < -0.39 is 9.85 Å². The quantitative estimate of drug-likeness (QED) is 0.305. The molecule has 0 N–H and O–H groups in total. The zero-order valence-corrected chi connectivity index (χ0v) is 14.8. The number of hydrogen-bond acceptors (Lipinski definition) is 8. The number of nitrogens with zero attached hydrogens (tertiary/aromatic N) is 6. The summed E-state index contributed by atoms with van der Waals surface area (Å²) in [5.74, 6) is 0. The molecule has 10 heteroatoms. The molecule has 2 aromatic rings. The van der Waals surface area contributed by atoms with E-state index in [1.807, 2.05) is 0 Å². The molecule has 0 saturated carbocycles. The lowest BCUT2D eigenvalue weighted by atomic mass is 10.2. The predicted molar refractivity (Wildman–Crippen MR) is 102 cm³/mol. The Kier molecular flexibility index (Phi) is 6.53. The van der Waals surface area contributed by atoms with Crippen LogP contribution in [-0.2, 0) is 0 Å². The fourth-order valence-electron chi connectivity index (χ4n) is 2.14. The Hall–Kier alpha value is -3.82. The number of nitro groups is 2. The summed E-state index contributed by atoms with van der Waals surface area (Å²) >= 11 is 0. The van der Waals surface area contributed by atoms with E-state index in [-0.39, 0.29) is 11.4 Å². The van der Waals surface area contributed by atoms with E-state index in [0.717, 1.165) is 0 Å². The largest absolute Gasteiger partial charge is 0.279 e. The van der Waals surface area contributed by atoms with Crippen LogP contribution in [0.2, 0.25) is 0 Å². The highest BCUT2D eigenvalue weighted by Crippen LogP contribution is 2.12. The third-order valence-electron chi connectivity index (χ3n) is 3.38. The van der Waals surface area contributed by atoms with Crippen LogP contribution in [-0.4, -0.2) is 53.1 Å². The Morgan fingerprint density at radius 1 is 0.852 bits per heavy atom. The van der Waals surface area contributed by atoms with Crippen molar-refractivity contribution < 1.29 is 9.85 Å². The molecule has 0 amide bonds. The van der Waals surface area contributed by atoms with Crippen molar-refractivity contribution in [3.05, 3.63) is 79.9 Å². The molecule has 27 heavy (non-hydrogen) atoms. The van der Waals surface area contributed by atoms with Crippen molar-refractivity contribution in [2.45, 2.75) is 0 Å². The molecule has 0 radical (unpaired) electrons. The van der Waals surface area contributed by atoms with Crippen LogP contribution in [0.25, 0.3) is 0 Å². The SMILES string of the molecule is CN(CN(C)/N=C/c1cccc([N+](=O)[O-])c1)/N=C\c1cccc([N+](=O)[O-])c1. The van der Waals surface area contributed by atoms with Gasteiger partial charge in [-0.05, 0) is 0 Å². The molecule has 0 unspecified atom stereocenters. The van der Waals surface area contributed by atoms with Gasteiger partial charge in [-0.1, -0.05) is 24.3 Å². The van der Waals surface area contributed by atoms with Crippen molar-refractivity contribution in [3.63, 3.8) is 0 Å². The summed E-state index contributed by atoms with van der Waals surface area (Å²) in [6.07, 6.45) is 3.04. The van der Waals surface area contributed by atoms with Gasteiger partial charge in [-0.3, -0.25) is 30.2 Å². The van der Waals surface area contributed by atoms with Gasteiger partial charge in [0, 0.05) is 49.5 Å². The summed E-state index contributed by atoms with van der Waals surface area (Å²) in [5, 5.41) is 33.2. The summed E-state index contributed by atoms with van der Waals surface area (Å²) in [7, 11) is 3.46. The third-order valence-corrected chi connectivity index (χ3v) is 3.38. The minimum atomic E-state index is -0.461. The lowest BCUT2D eigenvalue weighted by Crippen LogP contribution is -2.26. The molecule has 0 atom stereocenters. The fourth-order valence-corrected chi connectivity index (χ4v) is 2.14. The molecule has 2 rings (SSSR count). The minimum Gasteiger partial charge on any atom is -0.279 e. The summed E-state index contributed by atoms with van der Waals surface area (Å²) in [6.45, 7) is 0.344. The summed E-state index contributed by atoms with van der Waals surface area (Å²) in [5.41, 5.74) is 1.22. The molecule has 0 heterocycles. The fraction of sp³-hybridized carbons (Fsp3) is 0.176.